The summed E-state index contributed by atoms with van der Waals surface area (Å²) in [7, 11) is 0. The first-order chi connectivity index (χ1) is 8.79. The second-order valence-corrected chi connectivity index (χ2v) is 5.83. The third-order valence-electron chi connectivity index (χ3n) is 4.79. The Hall–Kier alpha value is -1.35. The van der Waals surface area contributed by atoms with Gasteiger partial charge in [-0.25, -0.2) is 4.98 Å². The van der Waals surface area contributed by atoms with Crippen molar-refractivity contribution >= 4 is 6.08 Å². The van der Waals surface area contributed by atoms with Gasteiger partial charge < -0.3 is 4.74 Å². The van der Waals surface area contributed by atoms with Crippen molar-refractivity contribution in [2.75, 3.05) is 19.6 Å². The average molecular weight is 242 g/mol. The van der Waals surface area contributed by atoms with Gasteiger partial charge >= 0.3 is 0 Å². The van der Waals surface area contributed by atoms with Crippen molar-refractivity contribution in [3.8, 4) is 5.88 Å². The molecule has 3 fully saturated rings. The third-order valence-corrected chi connectivity index (χ3v) is 4.79. The lowest BCUT2D eigenvalue weighted by Crippen LogP contribution is -2.61. The maximum atomic E-state index is 6.28. The minimum atomic E-state index is 0.0195. The number of piperidine rings is 3. The number of pyridine rings is 1. The molecular formula is C15H18N2O. The molecule has 3 heteroatoms. The van der Waals surface area contributed by atoms with Crippen molar-refractivity contribution in [3.05, 3.63) is 30.0 Å². The van der Waals surface area contributed by atoms with Crippen LogP contribution in [0.4, 0.5) is 0 Å². The van der Waals surface area contributed by atoms with Crippen LogP contribution in [0.5, 0.6) is 5.88 Å². The molecule has 4 aliphatic heterocycles. The number of fused-ring (bicyclic) bond motifs is 3. The Bertz CT molecular complexity index is 505. The summed E-state index contributed by atoms with van der Waals surface area (Å²) in [4.78, 5) is 6.99. The predicted molar refractivity (Wildman–Crippen MR) is 70.6 cm³/mol. The van der Waals surface area contributed by atoms with E-state index >= 15 is 0 Å². The number of hydrogen-bond donors (Lipinski definition) is 0. The molecule has 0 radical (unpaired) electrons. The Balaban J connectivity index is 1.70. The monoisotopic (exact) mass is 242 g/mol. The van der Waals surface area contributed by atoms with Crippen molar-refractivity contribution in [2.24, 2.45) is 5.92 Å². The molecule has 1 aromatic rings. The minimum absolute atomic E-state index is 0.0195. The van der Waals surface area contributed by atoms with Crippen molar-refractivity contribution in [2.45, 2.75) is 24.9 Å². The Morgan fingerprint density at radius 1 is 1.44 bits per heavy atom. The lowest BCUT2D eigenvalue weighted by atomic mass is 9.73. The quantitative estimate of drug-likeness (QED) is 0.754. The molecule has 0 amide bonds. The molecule has 0 aliphatic carbocycles. The number of hydrogen-bond acceptors (Lipinski definition) is 3. The smallest absolute Gasteiger partial charge is 0.217 e. The van der Waals surface area contributed by atoms with Crippen LogP contribution >= 0.6 is 0 Å². The first kappa shape index (κ1) is 10.6. The molecule has 94 valence electrons. The Morgan fingerprint density at radius 2 is 2.28 bits per heavy atom. The fraction of sp³-hybridized carbons (Fsp3) is 0.533. The summed E-state index contributed by atoms with van der Waals surface area (Å²) >= 11 is 0. The standard InChI is InChI=1S/C15H18N2O/c1-2-11-7-12-8-15(18-14(12)16-9-11)10-17-5-3-13(15)4-6-17/h2,7,9,13H,1,3-6,8,10H2. The van der Waals surface area contributed by atoms with Gasteiger partial charge in [0.15, 0.2) is 0 Å². The maximum absolute atomic E-state index is 6.28. The number of nitrogens with zero attached hydrogens (tertiary/aromatic N) is 2. The number of rotatable bonds is 1. The summed E-state index contributed by atoms with van der Waals surface area (Å²) in [6.07, 6.45) is 7.30. The van der Waals surface area contributed by atoms with Gasteiger partial charge in [0.05, 0.1) is 0 Å². The van der Waals surface area contributed by atoms with Gasteiger partial charge in [-0.2, -0.15) is 0 Å². The second kappa shape index (κ2) is 3.58. The van der Waals surface area contributed by atoms with E-state index in [-0.39, 0.29) is 5.60 Å². The van der Waals surface area contributed by atoms with E-state index in [1.165, 1.54) is 31.5 Å². The molecule has 18 heavy (non-hydrogen) atoms. The van der Waals surface area contributed by atoms with Crippen molar-refractivity contribution in [1.82, 2.24) is 9.88 Å². The first-order valence-corrected chi connectivity index (χ1v) is 6.82. The molecule has 1 spiro atoms. The molecule has 5 rings (SSSR count). The Kier molecular flexibility index (Phi) is 2.10. The fourth-order valence-corrected chi connectivity index (χ4v) is 3.84. The van der Waals surface area contributed by atoms with Gasteiger partial charge in [0.1, 0.15) is 5.60 Å². The van der Waals surface area contributed by atoms with Gasteiger partial charge in [0.2, 0.25) is 5.88 Å². The van der Waals surface area contributed by atoms with Gasteiger partial charge in [0, 0.05) is 30.6 Å². The fourth-order valence-electron chi connectivity index (χ4n) is 3.84. The van der Waals surface area contributed by atoms with E-state index in [2.05, 4.69) is 22.5 Å². The lowest BCUT2D eigenvalue weighted by Gasteiger charge is -2.50. The molecule has 2 bridgehead atoms. The predicted octanol–water partition coefficient (Wildman–Crippen LogP) is 2.12. The molecule has 5 heterocycles. The van der Waals surface area contributed by atoms with Crippen LogP contribution in [0, 0.1) is 5.92 Å². The minimum Gasteiger partial charge on any atom is -0.469 e. The van der Waals surface area contributed by atoms with Crippen molar-refractivity contribution in [1.29, 1.82) is 0 Å². The van der Waals surface area contributed by atoms with Gasteiger partial charge in [-0.05, 0) is 37.6 Å². The number of ether oxygens (including phenoxy) is 1. The maximum Gasteiger partial charge on any atom is 0.217 e. The van der Waals surface area contributed by atoms with E-state index in [4.69, 9.17) is 4.74 Å². The van der Waals surface area contributed by atoms with Gasteiger partial charge in [-0.15, -0.1) is 0 Å². The van der Waals surface area contributed by atoms with Crippen LogP contribution in [0.2, 0.25) is 0 Å². The summed E-state index contributed by atoms with van der Waals surface area (Å²) in [5.41, 5.74) is 2.38. The topological polar surface area (TPSA) is 25.4 Å². The molecule has 0 aromatic carbocycles. The van der Waals surface area contributed by atoms with Crippen LogP contribution in [0.25, 0.3) is 6.08 Å². The van der Waals surface area contributed by atoms with Crippen molar-refractivity contribution in [3.63, 3.8) is 0 Å². The largest absolute Gasteiger partial charge is 0.469 e. The highest BCUT2D eigenvalue weighted by atomic mass is 16.5. The van der Waals surface area contributed by atoms with Crippen LogP contribution in [0.15, 0.2) is 18.8 Å². The SMILES string of the molecule is C=Cc1cnc2c(c1)CC1(CN3CCC1CC3)O2. The molecule has 1 aromatic heterocycles. The zero-order valence-corrected chi connectivity index (χ0v) is 10.6. The lowest BCUT2D eigenvalue weighted by molar-refractivity contribution is -0.0814. The van der Waals surface area contributed by atoms with Crippen LogP contribution < -0.4 is 4.74 Å². The summed E-state index contributed by atoms with van der Waals surface area (Å²) in [5.74, 6) is 1.57. The van der Waals surface area contributed by atoms with Gasteiger partial charge in [-0.1, -0.05) is 12.7 Å². The molecule has 1 atom stereocenters. The summed E-state index contributed by atoms with van der Waals surface area (Å²) in [5, 5.41) is 0. The molecular weight excluding hydrogens is 224 g/mol. The summed E-state index contributed by atoms with van der Waals surface area (Å²) < 4.78 is 6.28. The zero-order valence-electron chi connectivity index (χ0n) is 10.6. The van der Waals surface area contributed by atoms with Gasteiger partial charge in [-0.3, -0.25) is 4.90 Å². The van der Waals surface area contributed by atoms with E-state index in [1.807, 2.05) is 12.3 Å². The second-order valence-electron chi connectivity index (χ2n) is 5.83. The summed E-state index contributed by atoms with van der Waals surface area (Å²) in [6, 6.07) is 2.18. The molecule has 0 N–H and O–H groups in total. The molecule has 1 unspecified atom stereocenters. The molecule has 3 nitrogen and oxygen atoms in total. The highest BCUT2D eigenvalue weighted by Crippen LogP contribution is 2.46. The zero-order chi connectivity index (χ0) is 12.2. The Morgan fingerprint density at radius 3 is 2.94 bits per heavy atom. The molecule has 4 aliphatic rings. The van der Waals surface area contributed by atoms with Gasteiger partial charge in [0.25, 0.3) is 0 Å². The van der Waals surface area contributed by atoms with E-state index in [0.717, 1.165) is 24.4 Å². The van der Waals surface area contributed by atoms with Crippen LogP contribution in [0.3, 0.4) is 0 Å². The summed E-state index contributed by atoms with van der Waals surface area (Å²) in [6.45, 7) is 7.39. The average Bonchev–Trinajstić information content (AvgIpc) is 2.76. The van der Waals surface area contributed by atoms with E-state index in [1.54, 1.807) is 0 Å². The highest BCUT2D eigenvalue weighted by molar-refractivity contribution is 5.50. The molecule has 3 saturated heterocycles. The van der Waals surface area contributed by atoms with E-state index < -0.39 is 0 Å². The highest BCUT2D eigenvalue weighted by Gasteiger charge is 2.52. The van der Waals surface area contributed by atoms with Crippen molar-refractivity contribution < 1.29 is 4.74 Å². The van der Waals surface area contributed by atoms with E-state index in [9.17, 15) is 0 Å². The first-order valence-electron chi connectivity index (χ1n) is 6.82. The molecule has 0 saturated carbocycles. The normalized spacial score (nSPS) is 36.4. The van der Waals surface area contributed by atoms with Crippen LogP contribution in [-0.2, 0) is 6.42 Å². The van der Waals surface area contributed by atoms with Crippen LogP contribution in [0.1, 0.15) is 24.0 Å². The Labute approximate surface area is 107 Å². The van der Waals surface area contributed by atoms with E-state index in [0.29, 0.717) is 5.92 Å². The van der Waals surface area contributed by atoms with Crippen LogP contribution in [-0.4, -0.2) is 35.1 Å². The third kappa shape index (κ3) is 1.37. The number of aromatic nitrogens is 1.